The summed E-state index contributed by atoms with van der Waals surface area (Å²) in [5.41, 5.74) is 1.08. The lowest BCUT2D eigenvalue weighted by molar-refractivity contribution is 0.584. The molecule has 0 saturated heterocycles. The molecule has 0 aliphatic heterocycles. The molecule has 2 unspecified atom stereocenters. The molecule has 0 radical (unpaired) electrons. The highest BCUT2D eigenvalue weighted by atomic mass is 35.5. The van der Waals surface area contributed by atoms with Crippen LogP contribution in [-0.4, -0.2) is 21.9 Å². The second-order valence-corrected chi connectivity index (χ2v) is 4.73. The van der Waals surface area contributed by atoms with E-state index in [1.165, 1.54) is 12.8 Å². The zero-order valence-electron chi connectivity index (χ0n) is 8.91. The molecule has 1 N–H and O–H groups in total. The lowest BCUT2D eigenvalue weighted by Gasteiger charge is -2.14. The Labute approximate surface area is 95.3 Å². The molecule has 1 aromatic rings. The van der Waals surface area contributed by atoms with Gasteiger partial charge in [-0.05, 0) is 31.2 Å². The Morgan fingerprint density at radius 3 is 2.73 bits per heavy atom. The highest BCUT2D eigenvalue weighted by Gasteiger charge is 2.24. The van der Waals surface area contributed by atoms with Gasteiger partial charge in [-0.1, -0.05) is 6.42 Å². The van der Waals surface area contributed by atoms with Gasteiger partial charge in [-0.15, -0.1) is 11.6 Å². The third kappa shape index (κ3) is 2.81. The Kier molecular flexibility index (Phi) is 3.41. The van der Waals surface area contributed by atoms with Crippen LogP contribution in [0, 0.1) is 12.8 Å². The molecule has 82 valence electrons. The number of aromatic nitrogens is 2. The average Bonchev–Trinajstić information content (AvgIpc) is 2.63. The summed E-state index contributed by atoms with van der Waals surface area (Å²) >= 11 is 6.19. The lowest BCUT2D eigenvalue weighted by Crippen LogP contribution is -2.19. The Balaban J connectivity index is 1.85. The maximum absolute atomic E-state index is 6.19. The van der Waals surface area contributed by atoms with Gasteiger partial charge in [0.25, 0.3) is 0 Å². The van der Waals surface area contributed by atoms with Crippen LogP contribution in [0.2, 0.25) is 0 Å². The molecule has 1 saturated carbocycles. The zero-order chi connectivity index (χ0) is 10.7. The quantitative estimate of drug-likeness (QED) is 0.804. The van der Waals surface area contributed by atoms with Crippen LogP contribution in [0.1, 0.15) is 24.8 Å². The van der Waals surface area contributed by atoms with E-state index >= 15 is 0 Å². The van der Waals surface area contributed by atoms with Crippen LogP contribution in [0.3, 0.4) is 0 Å². The molecule has 1 aromatic heterocycles. The number of anilines is 1. The molecule has 1 heterocycles. The molecule has 0 spiro atoms. The fraction of sp³-hybridized carbons (Fsp3) is 0.636. The minimum atomic E-state index is 0.322. The van der Waals surface area contributed by atoms with Crippen molar-refractivity contribution in [3.8, 4) is 0 Å². The van der Waals surface area contributed by atoms with Crippen molar-refractivity contribution in [2.75, 3.05) is 11.9 Å². The van der Waals surface area contributed by atoms with Gasteiger partial charge in [0.2, 0.25) is 5.95 Å². The van der Waals surface area contributed by atoms with Gasteiger partial charge in [-0.2, -0.15) is 0 Å². The number of halogens is 1. The van der Waals surface area contributed by atoms with Crippen molar-refractivity contribution in [3.05, 3.63) is 18.0 Å². The summed E-state index contributed by atoms with van der Waals surface area (Å²) in [4.78, 5) is 8.40. The molecular weight excluding hydrogens is 210 g/mol. The molecule has 0 amide bonds. The van der Waals surface area contributed by atoms with Crippen LogP contribution < -0.4 is 5.32 Å². The number of hydrogen-bond donors (Lipinski definition) is 1. The summed E-state index contributed by atoms with van der Waals surface area (Å²) in [5.74, 6) is 1.27. The third-order valence-corrected chi connectivity index (χ3v) is 3.44. The molecule has 1 fully saturated rings. The molecule has 1 aliphatic carbocycles. The number of aryl methyl sites for hydroxylation is 1. The van der Waals surface area contributed by atoms with Crippen molar-refractivity contribution in [1.82, 2.24) is 9.97 Å². The first-order valence-electron chi connectivity index (χ1n) is 5.42. The van der Waals surface area contributed by atoms with Crippen LogP contribution in [0.5, 0.6) is 0 Å². The van der Waals surface area contributed by atoms with Crippen molar-refractivity contribution in [3.63, 3.8) is 0 Å². The smallest absolute Gasteiger partial charge is 0.222 e. The van der Waals surface area contributed by atoms with Crippen molar-refractivity contribution >= 4 is 17.5 Å². The fourth-order valence-corrected chi connectivity index (χ4v) is 2.30. The van der Waals surface area contributed by atoms with Crippen LogP contribution in [0.25, 0.3) is 0 Å². The minimum absolute atomic E-state index is 0.322. The number of alkyl halides is 1. The summed E-state index contributed by atoms with van der Waals surface area (Å²) in [7, 11) is 0. The summed E-state index contributed by atoms with van der Waals surface area (Å²) in [6, 6.07) is 0. The van der Waals surface area contributed by atoms with Gasteiger partial charge < -0.3 is 5.32 Å². The fourth-order valence-electron chi connectivity index (χ4n) is 1.93. The van der Waals surface area contributed by atoms with Gasteiger partial charge in [0, 0.05) is 24.3 Å². The van der Waals surface area contributed by atoms with Crippen molar-refractivity contribution in [1.29, 1.82) is 0 Å². The van der Waals surface area contributed by atoms with Gasteiger partial charge in [0.1, 0.15) is 0 Å². The topological polar surface area (TPSA) is 37.8 Å². The normalized spacial score (nSPS) is 25.5. The SMILES string of the molecule is Cc1cnc(NCC2CCCC2Cl)nc1. The van der Waals surface area contributed by atoms with E-state index in [0.29, 0.717) is 17.2 Å². The van der Waals surface area contributed by atoms with E-state index in [0.717, 1.165) is 18.5 Å². The second-order valence-electron chi connectivity index (χ2n) is 4.17. The molecule has 15 heavy (non-hydrogen) atoms. The van der Waals surface area contributed by atoms with Gasteiger partial charge in [0.05, 0.1) is 0 Å². The largest absolute Gasteiger partial charge is 0.354 e. The second kappa shape index (κ2) is 4.79. The molecule has 1 aliphatic rings. The van der Waals surface area contributed by atoms with Crippen LogP contribution in [0.4, 0.5) is 5.95 Å². The van der Waals surface area contributed by atoms with E-state index in [-0.39, 0.29) is 0 Å². The third-order valence-electron chi connectivity index (χ3n) is 2.87. The molecule has 4 heteroatoms. The number of rotatable bonds is 3. The van der Waals surface area contributed by atoms with Crippen molar-refractivity contribution in [2.45, 2.75) is 31.6 Å². The van der Waals surface area contributed by atoms with E-state index in [2.05, 4.69) is 15.3 Å². The first kappa shape index (κ1) is 10.7. The summed E-state index contributed by atoms with van der Waals surface area (Å²) in [6.45, 7) is 2.87. The Morgan fingerprint density at radius 2 is 2.13 bits per heavy atom. The number of nitrogens with zero attached hydrogens (tertiary/aromatic N) is 2. The maximum atomic E-state index is 6.19. The van der Waals surface area contributed by atoms with Crippen LogP contribution in [-0.2, 0) is 0 Å². The Bertz CT molecular complexity index is 312. The first-order valence-corrected chi connectivity index (χ1v) is 5.86. The van der Waals surface area contributed by atoms with Crippen molar-refractivity contribution in [2.24, 2.45) is 5.92 Å². The van der Waals surface area contributed by atoms with Crippen LogP contribution >= 0.6 is 11.6 Å². The van der Waals surface area contributed by atoms with Crippen LogP contribution in [0.15, 0.2) is 12.4 Å². The summed E-state index contributed by atoms with van der Waals surface area (Å²) in [5, 5.41) is 3.56. The zero-order valence-corrected chi connectivity index (χ0v) is 9.67. The van der Waals surface area contributed by atoms with E-state index in [9.17, 15) is 0 Å². The summed E-state index contributed by atoms with van der Waals surface area (Å²) in [6.07, 6.45) is 7.25. The Hall–Kier alpha value is -0.830. The number of hydrogen-bond acceptors (Lipinski definition) is 3. The van der Waals surface area contributed by atoms with E-state index < -0.39 is 0 Å². The molecule has 2 rings (SSSR count). The van der Waals surface area contributed by atoms with E-state index in [1.807, 2.05) is 19.3 Å². The highest BCUT2D eigenvalue weighted by Crippen LogP contribution is 2.29. The highest BCUT2D eigenvalue weighted by molar-refractivity contribution is 6.20. The van der Waals surface area contributed by atoms with Gasteiger partial charge in [-0.3, -0.25) is 0 Å². The van der Waals surface area contributed by atoms with E-state index in [4.69, 9.17) is 11.6 Å². The monoisotopic (exact) mass is 225 g/mol. The molecular formula is C11H16ClN3. The Morgan fingerprint density at radius 1 is 1.40 bits per heavy atom. The maximum Gasteiger partial charge on any atom is 0.222 e. The lowest BCUT2D eigenvalue weighted by atomic mass is 10.1. The van der Waals surface area contributed by atoms with Crippen molar-refractivity contribution < 1.29 is 0 Å². The standard InChI is InChI=1S/C11H16ClN3/c1-8-5-13-11(14-6-8)15-7-9-3-2-4-10(9)12/h5-6,9-10H,2-4,7H2,1H3,(H,13,14,15). The predicted molar refractivity (Wildman–Crippen MR) is 62.2 cm³/mol. The van der Waals surface area contributed by atoms with E-state index in [1.54, 1.807) is 0 Å². The molecule has 0 bridgehead atoms. The average molecular weight is 226 g/mol. The molecule has 2 atom stereocenters. The number of nitrogens with one attached hydrogen (secondary N) is 1. The molecule has 0 aromatic carbocycles. The van der Waals surface area contributed by atoms with Gasteiger partial charge in [0.15, 0.2) is 0 Å². The summed E-state index contributed by atoms with van der Waals surface area (Å²) < 4.78 is 0. The predicted octanol–water partition coefficient (Wildman–Crippen LogP) is 2.60. The molecule has 3 nitrogen and oxygen atoms in total. The first-order chi connectivity index (χ1) is 7.25. The minimum Gasteiger partial charge on any atom is -0.354 e. The van der Waals surface area contributed by atoms with Gasteiger partial charge in [-0.25, -0.2) is 9.97 Å². The van der Waals surface area contributed by atoms with Gasteiger partial charge >= 0.3 is 0 Å².